The Labute approximate surface area is 122 Å². The zero-order valence-electron chi connectivity index (χ0n) is 10.7. The molecular weight excluding hydrogens is 287 g/mol. The number of halogens is 2. The molecule has 1 amide bonds. The minimum absolute atomic E-state index is 0.0381. The summed E-state index contributed by atoms with van der Waals surface area (Å²) in [6.07, 6.45) is 1.60. The Kier molecular flexibility index (Phi) is 4.85. The lowest BCUT2D eigenvalue weighted by atomic mass is 10.3. The number of nitrogens with zero attached hydrogens (tertiary/aromatic N) is 3. The van der Waals surface area contributed by atoms with Gasteiger partial charge in [-0.3, -0.25) is 9.69 Å². The number of rotatable bonds is 3. The summed E-state index contributed by atoms with van der Waals surface area (Å²) in [7, 11) is 1.65. The fraction of sp³-hybridized carbons (Fsp3) is 0.500. The molecule has 1 aliphatic rings. The van der Waals surface area contributed by atoms with Gasteiger partial charge in [-0.05, 0) is 6.07 Å². The van der Waals surface area contributed by atoms with Gasteiger partial charge >= 0.3 is 0 Å². The lowest BCUT2D eigenvalue weighted by Gasteiger charge is -2.35. The van der Waals surface area contributed by atoms with E-state index in [-0.39, 0.29) is 5.91 Å². The molecule has 0 radical (unpaired) electrons. The van der Waals surface area contributed by atoms with Gasteiger partial charge < -0.3 is 10.2 Å². The van der Waals surface area contributed by atoms with E-state index in [0.717, 1.165) is 32.0 Å². The van der Waals surface area contributed by atoms with Crippen molar-refractivity contribution in [1.82, 2.24) is 15.2 Å². The van der Waals surface area contributed by atoms with E-state index >= 15 is 0 Å². The second-order valence-corrected chi connectivity index (χ2v) is 5.24. The number of carbonyl (C=O) groups is 1. The van der Waals surface area contributed by atoms with E-state index in [9.17, 15) is 4.79 Å². The van der Waals surface area contributed by atoms with Crippen LogP contribution in [0.4, 0.5) is 5.82 Å². The first-order chi connectivity index (χ1) is 9.10. The fourth-order valence-electron chi connectivity index (χ4n) is 2.04. The molecule has 1 N–H and O–H groups in total. The first kappa shape index (κ1) is 14.4. The summed E-state index contributed by atoms with van der Waals surface area (Å²) in [6.45, 7) is 3.66. The molecule has 19 heavy (non-hydrogen) atoms. The van der Waals surface area contributed by atoms with Crippen molar-refractivity contribution >= 4 is 34.9 Å². The quantitative estimate of drug-likeness (QED) is 0.913. The van der Waals surface area contributed by atoms with Gasteiger partial charge in [0.2, 0.25) is 5.91 Å². The third-order valence-electron chi connectivity index (χ3n) is 3.11. The summed E-state index contributed by atoms with van der Waals surface area (Å²) in [6, 6.07) is 1.70. The largest absolute Gasteiger partial charge is 0.358 e. The van der Waals surface area contributed by atoms with Gasteiger partial charge in [-0.25, -0.2) is 4.98 Å². The molecule has 1 fully saturated rings. The van der Waals surface area contributed by atoms with Crippen LogP contribution in [-0.4, -0.2) is 55.6 Å². The average molecular weight is 303 g/mol. The Morgan fingerprint density at radius 2 is 2.05 bits per heavy atom. The van der Waals surface area contributed by atoms with Gasteiger partial charge in [0, 0.05) is 39.4 Å². The van der Waals surface area contributed by atoms with E-state index in [1.807, 2.05) is 0 Å². The van der Waals surface area contributed by atoms with Crippen molar-refractivity contribution in [2.45, 2.75) is 0 Å². The van der Waals surface area contributed by atoms with Crippen LogP contribution in [0.15, 0.2) is 12.3 Å². The number of likely N-dealkylation sites (N-methyl/N-ethyl adjacent to an activating group) is 1. The van der Waals surface area contributed by atoms with Crippen LogP contribution in [0.25, 0.3) is 0 Å². The third kappa shape index (κ3) is 3.72. The third-order valence-corrected chi connectivity index (χ3v) is 3.59. The number of hydrogen-bond acceptors (Lipinski definition) is 4. The van der Waals surface area contributed by atoms with Crippen LogP contribution in [-0.2, 0) is 4.79 Å². The second kappa shape index (κ2) is 6.41. The minimum Gasteiger partial charge on any atom is -0.358 e. The average Bonchev–Trinajstić information content (AvgIpc) is 2.40. The molecule has 0 aromatic carbocycles. The summed E-state index contributed by atoms with van der Waals surface area (Å²) in [5.74, 6) is 0.793. The minimum atomic E-state index is 0.0381. The van der Waals surface area contributed by atoms with Crippen LogP contribution in [0.2, 0.25) is 10.0 Å². The molecule has 0 aliphatic carbocycles. The number of carbonyl (C=O) groups excluding carboxylic acids is 1. The first-order valence-electron chi connectivity index (χ1n) is 6.09. The van der Waals surface area contributed by atoms with Crippen molar-refractivity contribution in [2.75, 3.05) is 44.7 Å². The number of pyridine rings is 1. The van der Waals surface area contributed by atoms with E-state index in [2.05, 4.69) is 20.1 Å². The van der Waals surface area contributed by atoms with Crippen molar-refractivity contribution in [2.24, 2.45) is 0 Å². The summed E-state index contributed by atoms with van der Waals surface area (Å²) >= 11 is 12.0. The van der Waals surface area contributed by atoms with Crippen LogP contribution >= 0.6 is 23.2 Å². The number of hydrogen-bond donors (Lipinski definition) is 1. The number of anilines is 1. The molecule has 0 unspecified atom stereocenters. The SMILES string of the molecule is CNC(=O)CN1CCN(c2ncc(Cl)cc2Cl)CC1. The number of aromatic nitrogens is 1. The normalized spacial score (nSPS) is 16.5. The molecular formula is C12H16Cl2N4O. The summed E-state index contributed by atoms with van der Waals surface area (Å²) in [5.41, 5.74) is 0. The zero-order valence-corrected chi connectivity index (χ0v) is 12.2. The maximum Gasteiger partial charge on any atom is 0.233 e. The molecule has 0 spiro atoms. The van der Waals surface area contributed by atoms with Gasteiger partial charge in [-0.15, -0.1) is 0 Å². The Hall–Kier alpha value is -1.04. The summed E-state index contributed by atoms with van der Waals surface area (Å²) in [4.78, 5) is 19.8. The molecule has 2 rings (SSSR count). The van der Waals surface area contributed by atoms with Crippen LogP contribution < -0.4 is 10.2 Å². The van der Waals surface area contributed by atoms with Crippen LogP contribution in [0.1, 0.15) is 0 Å². The second-order valence-electron chi connectivity index (χ2n) is 4.40. The predicted molar refractivity (Wildman–Crippen MR) is 77.0 cm³/mol. The molecule has 1 aromatic rings. The highest BCUT2D eigenvalue weighted by atomic mass is 35.5. The maximum atomic E-state index is 11.3. The van der Waals surface area contributed by atoms with Crippen LogP contribution in [0.5, 0.6) is 0 Å². The molecule has 1 aromatic heterocycles. The van der Waals surface area contributed by atoms with Gasteiger partial charge in [-0.2, -0.15) is 0 Å². The fourth-order valence-corrected chi connectivity index (χ4v) is 2.54. The molecule has 2 heterocycles. The topological polar surface area (TPSA) is 48.5 Å². The summed E-state index contributed by atoms with van der Waals surface area (Å²) < 4.78 is 0. The molecule has 5 nitrogen and oxygen atoms in total. The van der Waals surface area contributed by atoms with Gasteiger partial charge in [0.1, 0.15) is 5.82 Å². The molecule has 1 aliphatic heterocycles. The van der Waals surface area contributed by atoms with E-state index < -0.39 is 0 Å². The number of piperazine rings is 1. The van der Waals surface area contributed by atoms with Crippen molar-refractivity contribution in [3.8, 4) is 0 Å². The smallest absolute Gasteiger partial charge is 0.233 e. The maximum absolute atomic E-state index is 11.3. The molecule has 0 bridgehead atoms. The van der Waals surface area contributed by atoms with E-state index in [0.29, 0.717) is 16.6 Å². The molecule has 0 saturated carbocycles. The Bertz CT molecular complexity index is 461. The van der Waals surface area contributed by atoms with Crippen LogP contribution in [0, 0.1) is 0 Å². The summed E-state index contributed by atoms with van der Waals surface area (Å²) in [5, 5.41) is 3.72. The van der Waals surface area contributed by atoms with Crippen LogP contribution in [0.3, 0.4) is 0 Å². The van der Waals surface area contributed by atoms with E-state index in [1.165, 1.54) is 0 Å². The first-order valence-corrected chi connectivity index (χ1v) is 6.84. The molecule has 1 saturated heterocycles. The number of nitrogens with one attached hydrogen (secondary N) is 1. The Morgan fingerprint density at radius 1 is 1.37 bits per heavy atom. The van der Waals surface area contributed by atoms with E-state index in [1.54, 1.807) is 19.3 Å². The van der Waals surface area contributed by atoms with E-state index in [4.69, 9.17) is 23.2 Å². The molecule has 104 valence electrons. The molecule has 0 atom stereocenters. The van der Waals surface area contributed by atoms with Crippen molar-refractivity contribution in [1.29, 1.82) is 0 Å². The zero-order chi connectivity index (χ0) is 13.8. The lowest BCUT2D eigenvalue weighted by molar-refractivity contribution is -0.121. The standard InChI is InChI=1S/C12H16Cl2N4O/c1-15-11(19)8-17-2-4-18(5-3-17)12-10(14)6-9(13)7-16-12/h6-7H,2-5,8H2,1H3,(H,15,19). The molecule has 7 heteroatoms. The van der Waals surface area contributed by atoms with Crippen molar-refractivity contribution in [3.05, 3.63) is 22.3 Å². The van der Waals surface area contributed by atoms with Crippen molar-refractivity contribution < 1.29 is 4.79 Å². The highest BCUT2D eigenvalue weighted by Crippen LogP contribution is 2.26. The van der Waals surface area contributed by atoms with Crippen molar-refractivity contribution in [3.63, 3.8) is 0 Å². The number of amides is 1. The van der Waals surface area contributed by atoms with Gasteiger partial charge in [0.15, 0.2) is 0 Å². The highest BCUT2D eigenvalue weighted by Gasteiger charge is 2.21. The Balaban J connectivity index is 1.94. The van der Waals surface area contributed by atoms with Gasteiger partial charge in [0.25, 0.3) is 0 Å². The lowest BCUT2D eigenvalue weighted by Crippen LogP contribution is -2.49. The Morgan fingerprint density at radius 3 is 2.63 bits per heavy atom. The highest BCUT2D eigenvalue weighted by molar-refractivity contribution is 6.36. The monoisotopic (exact) mass is 302 g/mol. The van der Waals surface area contributed by atoms with Gasteiger partial charge in [-0.1, -0.05) is 23.2 Å². The predicted octanol–water partition coefficient (Wildman–Crippen LogP) is 1.26. The van der Waals surface area contributed by atoms with Gasteiger partial charge in [0.05, 0.1) is 16.6 Å².